The average Bonchev–Trinajstić information content (AvgIpc) is 2.59. The molecule has 0 aromatic heterocycles. The molecule has 126 valence electrons. The smallest absolute Gasteiger partial charge is 0.270 e. The van der Waals surface area contributed by atoms with Crippen LogP contribution < -0.4 is 14.8 Å². The fourth-order valence-corrected chi connectivity index (χ4v) is 2.33. The second-order valence-corrected chi connectivity index (χ2v) is 5.20. The predicted molar refractivity (Wildman–Crippen MR) is 88.8 cm³/mol. The molecule has 2 aromatic rings. The summed E-state index contributed by atoms with van der Waals surface area (Å²) in [6.45, 7) is 0.243. The van der Waals surface area contributed by atoms with Crippen molar-refractivity contribution in [1.82, 2.24) is 5.32 Å². The number of carbonyl (C=O) groups is 1. The van der Waals surface area contributed by atoms with Crippen LogP contribution in [0.4, 0.5) is 5.69 Å². The first kappa shape index (κ1) is 17.6. The Morgan fingerprint density at radius 2 is 1.88 bits per heavy atom. The molecule has 0 atom stereocenters. The first-order valence-corrected chi connectivity index (χ1v) is 7.27. The van der Waals surface area contributed by atoms with Crippen LogP contribution in [0.3, 0.4) is 0 Å². The number of rotatable bonds is 6. The van der Waals surface area contributed by atoms with Gasteiger partial charge in [0.15, 0.2) is 11.5 Å². The SMILES string of the molecule is COc1ccc(CNC(=O)c2ccc([N+](=O)[O-])cc2Cl)cc1OC. The van der Waals surface area contributed by atoms with Gasteiger partial charge in [-0.15, -0.1) is 0 Å². The van der Waals surface area contributed by atoms with E-state index in [1.54, 1.807) is 18.2 Å². The van der Waals surface area contributed by atoms with E-state index >= 15 is 0 Å². The number of non-ortho nitro benzene ring substituents is 1. The van der Waals surface area contributed by atoms with E-state index in [9.17, 15) is 14.9 Å². The van der Waals surface area contributed by atoms with Gasteiger partial charge in [0.25, 0.3) is 11.6 Å². The molecule has 1 N–H and O–H groups in total. The summed E-state index contributed by atoms with van der Waals surface area (Å²) in [4.78, 5) is 22.3. The number of nitro benzene ring substituents is 1. The second-order valence-electron chi connectivity index (χ2n) is 4.79. The molecule has 1 amide bonds. The van der Waals surface area contributed by atoms with Gasteiger partial charge in [-0.25, -0.2) is 0 Å². The normalized spacial score (nSPS) is 10.1. The Labute approximate surface area is 143 Å². The lowest BCUT2D eigenvalue weighted by Crippen LogP contribution is -2.23. The van der Waals surface area contributed by atoms with E-state index in [4.69, 9.17) is 21.1 Å². The van der Waals surface area contributed by atoms with Crippen molar-refractivity contribution in [1.29, 1.82) is 0 Å². The summed E-state index contributed by atoms with van der Waals surface area (Å²) in [6, 6.07) is 8.98. The molecular formula is C16H15ClN2O5. The summed E-state index contributed by atoms with van der Waals surface area (Å²) >= 11 is 5.94. The third kappa shape index (κ3) is 3.94. The van der Waals surface area contributed by atoms with Crippen LogP contribution >= 0.6 is 11.6 Å². The Kier molecular flexibility index (Phi) is 5.59. The zero-order valence-corrected chi connectivity index (χ0v) is 13.8. The highest BCUT2D eigenvalue weighted by Crippen LogP contribution is 2.27. The van der Waals surface area contributed by atoms with E-state index in [-0.39, 0.29) is 22.8 Å². The number of nitrogens with one attached hydrogen (secondary N) is 1. The number of ether oxygens (including phenoxy) is 2. The van der Waals surface area contributed by atoms with E-state index in [1.807, 2.05) is 0 Å². The summed E-state index contributed by atoms with van der Waals surface area (Å²) in [5, 5.41) is 13.4. The van der Waals surface area contributed by atoms with Gasteiger partial charge >= 0.3 is 0 Å². The number of halogens is 1. The molecule has 0 saturated carbocycles. The monoisotopic (exact) mass is 350 g/mol. The molecule has 0 heterocycles. The Morgan fingerprint density at radius 1 is 1.17 bits per heavy atom. The Balaban J connectivity index is 2.09. The third-order valence-electron chi connectivity index (χ3n) is 3.31. The molecule has 7 nitrogen and oxygen atoms in total. The van der Waals surface area contributed by atoms with Gasteiger partial charge in [0, 0.05) is 18.7 Å². The molecular weight excluding hydrogens is 336 g/mol. The highest BCUT2D eigenvalue weighted by atomic mass is 35.5. The zero-order chi connectivity index (χ0) is 17.7. The number of benzene rings is 2. The first-order chi connectivity index (χ1) is 11.5. The van der Waals surface area contributed by atoms with Gasteiger partial charge in [0.1, 0.15) is 0 Å². The van der Waals surface area contributed by atoms with Gasteiger partial charge in [-0.3, -0.25) is 14.9 Å². The summed E-state index contributed by atoms with van der Waals surface area (Å²) in [7, 11) is 3.06. The van der Waals surface area contributed by atoms with Crippen LogP contribution in [0.2, 0.25) is 5.02 Å². The lowest BCUT2D eigenvalue weighted by Gasteiger charge is -2.11. The molecule has 24 heavy (non-hydrogen) atoms. The molecule has 0 saturated heterocycles. The van der Waals surface area contributed by atoms with E-state index in [2.05, 4.69) is 5.32 Å². The van der Waals surface area contributed by atoms with Crippen molar-refractivity contribution in [3.05, 3.63) is 62.7 Å². The van der Waals surface area contributed by atoms with Gasteiger partial charge in [0.2, 0.25) is 0 Å². The van der Waals surface area contributed by atoms with Gasteiger partial charge in [0.05, 0.1) is 29.7 Å². The van der Waals surface area contributed by atoms with Crippen molar-refractivity contribution in [2.45, 2.75) is 6.54 Å². The van der Waals surface area contributed by atoms with E-state index < -0.39 is 10.8 Å². The number of nitrogens with zero attached hydrogens (tertiary/aromatic N) is 1. The van der Waals surface area contributed by atoms with E-state index in [0.717, 1.165) is 11.6 Å². The predicted octanol–water partition coefficient (Wildman–Crippen LogP) is 3.20. The Morgan fingerprint density at radius 3 is 2.46 bits per heavy atom. The van der Waals surface area contributed by atoms with Crippen LogP contribution in [0.25, 0.3) is 0 Å². The highest BCUT2D eigenvalue weighted by molar-refractivity contribution is 6.34. The Bertz CT molecular complexity index is 779. The lowest BCUT2D eigenvalue weighted by atomic mass is 10.1. The quantitative estimate of drug-likeness (QED) is 0.638. The van der Waals surface area contributed by atoms with Crippen LogP contribution in [-0.4, -0.2) is 25.1 Å². The fourth-order valence-electron chi connectivity index (χ4n) is 2.07. The second kappa shape index (κ2) is 7.65. The zero-order valence-electron chi connectivity index (χ0n) is 13.0. The molecule has 2 rings (SSSR count). The standard InChI is InChI=1S/C16H15ClN2O5/c1-23-14-6-3-10(7-15(14)24-2)9-18-16(20)12-5-4-11(19(21)22)8-13(12)17/h3-8H,9H2,1-2H3,(H,18,20). The number of hydrogen-bond acceptors (Lipinski definition) is 5. The largest absolute Gasteiger partial charge is 0.493 e. The number of nitro groups is 1. The van der Waals surface area contributed by atoms with Crippen molar-refractivity contribution >= 4 is 23.2 Å². The molecule has 0 aliphatic carbocycles. The number of hydrogen-bond donors (Lipinski definition) is 1. The van der Waals surface area contributed by atoms with Crippen LogP contribution in [-0.2, 0) is 6.54 Å². The third-order valence-corrected chi connectivity index (χ3v) is 3.62. The number of amides is 1. The molecule has 8 heteroatoms. The minimum absolute atomic E-state index is 0.0222. The summed E-state index contributed by atoms with van der Waals surface area (Å²) in [6.07, 6.45) is 0. The maximum absolute atomic E-state index is 12.2. The molecule has 0 unspecified atom stereocenters. The molecule has 0 bridgehead atoms. The van der Waals surface area contributed by atoms with Crippen molar-refractivity contribution in [2.75, 3.05) is 14.2 Å². The average molecular weight is 351 g/mol. The molecule has 0 fully saturated rings. The molecule has 2 aromatic carbocycles. The van der Waals surface area contributed by atoms with E-state index in [1.165, 1.54) is 26.4 Å². The summed E-state index contributed by atoms with van der Waals surface area (Å²) in [5.41, 5.74) is 0.804. The van der Waals surface area contributed by atoms with Crippen LogP contribution in [0, 0.1) is 10.1 Å². The summed E-state index contributed by atoms with van der Waals surface area (Å²) in [5.74, 6) is 0.716. The van der Waals surface area contributed by atoms with Crippen LogP contribution in [0.5, 0.6) is 11.5 Å². The highest BCUT2D eigenvalue weighted by Gasteiger charge is 2.15. The number of methoxy groups -OCH3 is 2. The fraction of sp³-hybridized carbons (Fsp3) is 0.188. The van der Waals surface area contributed by atoms with Crippen molar-refractivity contribution in [2.24, 2.45) is 0 Å². The topological polar surface area (TPSA) is 90.7 Å². The first-order valence-electron chi connectivity index (χ1n) is 6.89. The van der Waals surface area contributed by atoms with E-state index in [0.29, 0.717) is 11.5 Å². The minimum Gasteiger partial charge on any atom is -0.493 e. The van der Waals surface area contributed by atoms with Gasteiger partial charge in [-0.05, 0) is 23.8 Å². The Hall–Kier alpha value is -2.80. The summed E-state index contributed by atoms with van der Waals surface area (Å²) < 4.78 is 10.3. The maximum Gasteiger partial charge on any atom is 0.270 e. The van der Waals surface area contributed by atoms with Crippen LogP contribution in [0.1, 0.15) is 15.9 Å². The van der Waals surface area contributed by atoms with Crippen molar-refractivity contribution in [3.8, 4) is 11.5 Å². The van der Waals surface area contributed by atoms with Gasteiger partial charge in [-0.2, -0.15) is 0 Å². The van der Waals surface area contributed by atoms with Crippen LogP contribution in [0.15, 0.2) is 36.4 Å². The molecule has 0 spiro atoms. The molecule has 0 aliphatic rings. The van der Waals surface area contributed by atoms with Crippen molar-refractivity contribution in [3.63, 3.8) is 0 Å². The molecule has 0 aliphatic heterocycles. The lowest BCUT2D eigenvalue weighted by molar-refractivity contribution is -0.384. The molecule has 0 radical (unpaired) electrons. The van der Waals surface area contributed by atoms with Gasteiger partial charge in [-0.1, -0.05) is 17.7 Å². The van der Waals surface area contributed by atoms with Gasteiger partial charge < -0.3 is 14.8 Å². The minimum atomic E-state index is -0.572. The van der Waals surface area contributed by atoms with Crippen molar-refractivity contribution < 1.29 is 19.2 Å². The maximum atomic E-state index is 12.2. The number of carbonyl (C=O) groups excluding carboxylic acids is 1.